The first kappa shape index (κ1) is 9.79. The minimum Gasteiger partial charge on any atom is -0.391 e. The van der Waals surface area contributed by atoms with Crippen molar-refractivity contribution in [3.8, 4) is 5.88 Å². The highest BCUT2D eigenvalue weighted by Crippen LogP contribution is 2.23. The van der Waals surface area contributed by atoms with Crippen molar-refractivity contribution in [3.63, 3.8) is 0 Å². The molecule has 1 rings (SSSR count). The summed E-state index contributed by atoms with van der Waals surface area (Å²) in [4.78, 5) is 3.33. The molecule has 3 nitrogen and oxygen atoms in total. The van der Waals surface area contributed by atoms with Gasteiger partial charge in [-0.05, 0) is 12.1 Å². The van der Waals surface area contributed by atoms with E-state index in [1.54, 1.807) is 0 Å². The number of aromatic nitrogens is 1. The summed E-state index contributed by atoms with van der Waals surface area (Å²) < 4.78 is 38.7. The summed E-state index contributed by atoms with van der Waals surface area (Å²) >= 11 is 0. The predicted molar refractivity (Wildman–Crippen MR) is 36.8 cm³/mol. The van der Waals surface area contributed by atoms with E-state index in [0.29, 0.717) is 0 Å². The van der Waals surface area contributed by atoms with Crippen LogP contribution in [0.1, 0.15) is 5.56 Å². The highest BCUT2D eigenvalue weighted by Gasteiger charge is 2.32. The van der Waals surface area contributed by atoms with Crippen molar-refractivity contribution < 1.29 is 23.0 Å². The maximum absolute atomic E-state index is 11.7. The predicted octanol–water partition coefficient (Wildman–Crippen LogP) is 1.47. The smallest absolute Gasteiger partial charge is 0.391 e. The zero-order chi connectivity index (χ0) is 9.90. The van der Waals surface area contributed by atoms with E-state index in [1.165, 1.54) is 12.1 Å². The third-order valence-electron chi connectivity index (χ3n) is 1.23. The van der Waals surface area contributed by atoms with Gasteiger partial charge in [-0.3, -0.25) is 0 Å². The standard InChI is InChI=1S/C7H6F3NO2/c8-7(9,10)13-6-5(4-12)2-1-3-11-6/h1-3,12H,4H2. The summed E-state index contributed by atoms with van der Waals surface area (Å²) in [5.74, 6) is -0.613. The maximum Gasteiger partial charge on any atom is 0.574 e. The molecule has 0 fully saturated rings. The number of nitrogens with zero attached hydrogens (tertiary/aromatic N) is 1. The van der Waals surface area contributed by atoms with Gasteiger partial charge in [0.25, 0.3) is 0 Å². The average Bonchev–Trinajstić information content (AvgIpc) is 2.02. The zero-order valence-corrected chi connectivity index (χ0v) is 6.38. The van der Waals surface area contributed by atoms with Crippen molar-refractivity contribution in [1.29, 1.82) is 0 Å². The Kier molecular flexibility index (Phi) is 2.72. The second-order valence-corrected chi connectivity index (χ2v) is 2.17. The summed E-state index contributed by atoms with van der Waals surface area (Å²) in [6.07, 6.45) is -3.63. The molecule has 0 unspecified atom stereocenters. The lowest BCUT2D eigenvalue weighted by Crippen LogP contribution is -2.18. The van der Waals surface area contributed by atoms with Gasteiger partial charge in [0.2, 0.25) is 5.88 Å². The number of ether oxygens (including phenoxy) is 1. The van der Waals surface area contributed by atoms with Crippen LogP contribution in [0.3, 0.4) is 0 Å². The Labute approximate surface area is 71.8 Å². The van der Waals surface area contributed by atoms with Gasteiger partial charge in [0.05, 0.1) is 6.61 Å². The van der Waals surface area contributed by atoms with Crippen molar-refractivity contribution in [2.45, 2.75) is 13.0 Å². The van der Waals surface area contributed by atoms with Gasteiger partial charge in [-0.2, -0.15) is 0 Å². The number of pyridine rings is 1. The number of aliphatic hydroxyl groups excluding tert-OH is 1. The van der Waals surface area contributed by atoms with Gasteiger partial charge in [-0.15, -0.1) is 13.2 Å². The van der Waals surface area contributed by atoms with Crippen molar-refractivity contribution >= 4 is 0 Å². The van der Waals surface area contributed by atoms with Gasteiger partial charge in [0, 0.05) is 11.8 Å². The van der Waals surface area contributed by atoms with Gasteiger partial charge in [-0.1, -0.05) is 0 Å². The summed E-state index contributed by atoms with van der Waals surface area (Å²) in [5.41, 5.74) is -0.000162. The van der Waals surface area contributed by atoms with Crippen molar-refractivity contribution in [2.75, 3.05) is 0 Å². The van der Waals surface area contributed by atoms with E-state index in [9.17, 15) is 13.2 Å². The molecule has 0 aliphatic carbocycles. The van der Waals surface area contributed by atoms with E-state index in [1.807, 2.05) is 0 Å². The molecule has 13 heavy (non-hydrogen) atoms. The fourth-order valence-electron chi connectivity index (χ4n) is 0.746. The Bertz CT molecular complexity index is 287. The topological polar surface area (TPSA) is 42.4 Å². The van der Waals surface area contributed by atoms with Gasteiger partial charge in [0.15, 0.2) is 0 Å². The molecule has 0 bridgehead atoms. The molecule has 0 atom stereocenters. The number of hydrogen-bond donors (Lipinski definition) is 1. The van der Waals surface area contributed by atoms with Gasteiger partial charge in [-0.25, -0.2) is 4.98 Å². The van der Waals surface area contributed by atoms with Crippen LogP contribution < -0.4 is 4.74 Å². The Morgan fingerprint density at radius 1 is 1.46 bits per heavy atom. The fraction of sp³-hybridized carbons (Fsp3) is 0.286. The summed E-state index contributed by atoms with van der Waals surface area (Å²) in [7, 11) is 0. The number of rotatable bonds is 2. The molecular weight excluding hydrogens is 187 g/mol. The molecule has 1 N–H and O–H groups in total. The average molecular weight is 193 g/mol. The third kappa shape index (κ3) is 2.90. The van der Waals surface area contributed by atoms with E-state index in [0.717, 1.165) is 6.20 Å². The molecular formula is C7H6F3NO2. The van der Waals surface area contributed by atoms with E-state index in [4.69, 9.17) is 5.11 Å². The van der Waals surface area contributed by atoms with E-state index >= 15 is 0 Å². The van der Waals surface area contributed by atoms with Crippen LogP contribution in [0.5, 0.6) is 5.88 Å². The van der Waals surface area contributed by atoms with Crippen LogP contribution >= 0.6 is 0 Å². The molecule has 1 heterocycles. The molecule has 0 radical (unpaired) electrons. The van der Waals surface area contributed by atoms with Crippen LogP contribution in [-0.2, 0) is 6.61 Å². The molecule has 72 valence electrons. The maximum atomic E-state index is 11.7. The van der Waals surface area contributed by atoms with Crippen LogP contribution in [0.4, 0.5) is 13.2 Å². The van der Waals surface area contributed by atoms with Gasteiger partial charge >= 0.3 is 6.36 Å². The lowest BCUT2D eigenvalue weighted by Gasteiger charge is -2.09. The Morgan fingerprint density at radius 2 is 2.15 bits per heavy atom. The highest BCUT2D eigenvalue weighted by molar-refractivity contribution is 5.24. The SMILES string of the molecule is OCc1cccnc1OC(F)(F)F. The minimum absolute atomic E-state index is 0.000162. The second kappa shape index (κ2) is 3.61. The lowest BCUT2D eigenvalue weighted by atomic mass is 10.3. The van der Waals surface area contributed by atoms with Crippen LogP contribution in [-0.4, -0.2) is 16.5 Å². The fourth-order valence-corrected chi connectivity index (χ4v) is 0.746. The van der Waals surface area contributed by atoms with Crippen LogP contribution in [0.2, 0.25) is 0 Å². The lowest BCUT2D eigenvalue weighted by molar-refractivity contribution is -0.276. The van der Waals surface area contributed by atoms with Crippen molar-refractivity contribution in [1.82, 2.24) is 4.98 Å². The molecule has 6 heteroatoms. The Balaban J connectivity index is 2.87. The normalized spacial score (nSPS) is 11.4. The molecule has 1 aromatic rings. The van der Waals surface area contributed by atoms with E-state index < -0.39 is 18.8 Å². The summed E-state index contributed by atoms with van der Waals surface area (Å²) in [5, 5.41) is 8.63. The Hall–Kier alpha value is -1.30. The van der Waals surface area contributed by atoms with Crippen LogP contribution in [0.25, 0.3) is 0 Å². The van der Waals surface area contributed by atoms with Crippen LogP contribution in [0, 0.1) is 0 Å². The molecule has 0 aromatic carbocycles. The zero-order valence-electron chi connectivity index (χ0n) is 6.38. The molecule has 0 spiro atoms. The molecule has 0 saturated heterocycles. The van der Waals surface area contributed by atoms with Crippen molar-refractivity contribution in [3.05, 3.63) is 23.9 Å². The summed E-state index contributed by atoms with van der Waals surface area (Å²) in [6.45, 7) is -0.542. The Morgan fingerprint density at radius 3 is 2.69 bits per heavy atom. The largest absolute Gasteiger partial charge is 0.574 e. The highest BCUT2D eigenvalue weighted by atomic mass is 19.4. The third-order valence-corrected chi connectivity index (χ3v) is 1.23. The molecule has 0 saturated carbocycles. The first-order valence-electron chi connectivity index (χ1n) is 3.33. The molecule has 0 aliphatic rings. The monoisotopic (exact) mass is 193 g/mol. The number of halogens is 3. The minimum atomic E-state index is -4.78. The number of hydrogen-bond acceptors (Lipinski definition) is 3. The van der Waals surface area contributed by atoms with E-state index in [-0.39, 0.29) is 5.56 Å². The second-order valence-electron chi connectivity index (χ2n) is 2.17. The van der Waals surface area contributed by atoms with Gasteiger partial charge in [0.1, 0.15) is 0 Å². The first-order valence-corrected chi connectivity index (χ1v) is 3.33. The number of alkyl halides is 3. The van der Waals surface area contributed by atoms with Crippen molar-refractivity contribution in [2.24, 2.45) is 0 Å². The molecule has 0 amide bonds. The van der Waals surface area contributed by atoms with Gasteiger partial charge < -0.3 is 9.84 Å². The summed E-state index contributed by atoms with van der Waals surface area (Å²) in [6, 6.07) is 2.71. The van der Waals surface area contributed by atoms with E-state index in [2.05, 4.69) is 9.72 Å². The quantitative estimate of drug-likeness (QED) is 0.773. The number of aliphatic hydroxyl groups is 1. The first-order chi connectivity index (χ1) is 6.03. The molecule has 1 aromatic heterocycles. The van der Waals surface area contributed by atoms with Crippen LogP contribution in [0.15, 0.2) is 18.3 Å². The molecule has 0 aliphatic heterocycles.